The minimum Gasteiger partial charge on any atom is -0.486 e. The van der Waals surface area contributed by atoms with E-state index in [2.05, 4.69) is 43.5 Å². The Morgan fingerprint density at radius 3 is 2.56 bits per heavy atom. The lowest BCUT2D eigenvalue weighted by atomic mass is 9.82. The molecule has 7 rings (SSSR count). The first-order valence-corrected chi connectivity index (χ1v) is 13.0. The molecule has 2 aromatic heterocycles. The molecule has 5 aromatic rings. The van der Waals surface area contributed by atoms with Crippen molar-refractivity contribution in [1.82, 2.24) is 30.1 Å². The molecule has 1 amide bonds. The Labute approximate surface area is 224 Å². The van der Waals surface area contributed by atoms with Gasteiger partial charge in [0.2, 0.25) is 5.82 Å². The van der Waals surface area contributed by atoms with E-state index in [4.69, 9.17) is 4.74 Å². The van der Waals surface area contributed by atoms with Gasteiger partial charge in [-0.05, 0) is 41.1 Å². The zero-order valence-corrected chi connectivity index (χ0v) is 21.4. The second-order valence-electron chi connectivity index (χ2n) is 10.4. The van der Waals surface area contributed by atoms with E-state index in [1.54, 1.807) is 12.1 Å². The highest BCUT2D eigenvalue weighted by atomic mass is 16.5. The number of tetrazole rings is 1. The van der Waals surface area contributed by atoms with Crippen molar-refractivity contribution in [3.05, 3.63) is 84.1 Å². The largest absolute Gasteiger partial charge is 0.486 e. The van der Waals surface area contributed by atoms with Crippen molar-refractivity contribution < 1.29 is 14.3 Å². The standard InChI is InChI=1S/C30H26N6O3/c1-35-18-24(19-5-3-2-4-6-19)22-9-7-21(16-25(22)35)29(38)36-13-11-30(12-14-36)17-26(37)23-15-20(8-10-27(23)39-30)28-31-33-34-32-28/h2-10,15-16,18H,11-14,17H2,1H3,(H,31,32,33,34). The number of nitrogens with zero attached hydrogens (tertiary/aromatic N) is 5. The molecule has 0 aliphatic carbocycles. The predicted molar refractivity (Wildman–Crippen MR) is 145 cm³/mol. The fraction of sp³-hybridized carbons (Fsp3) is 0.233. The van der Waals surface area contributed by atoms with E-state index < -0.39 is 5.60 Å². The van der Waals surface area contributed by atoms with Crippen LogP contribution in [-0.2, 0) is 7.05 Å². The second-order valence-corrected chi connectivity index (χ2v) is 10.4. The SMILES string of the molecule is Cn1cc(-c2ccccc2)c2ccc(C(=O)N3CCC4(CC3)CC(=O)c3cc(-c5nn[nH]n5)ccc3O4)cc21. The van der Waals surface area contributed by atoms with E-state index in [-0.39, 0.29) is 18.1 Å². The van der Waals surface area contributed by atoms with Crippen LogP contribution in [0.5, 0.6) is 5.75 Å². The molecule has 2 aliphatic heterocycles. The minimum atomic E-state index is -0.596. The molecule has 194 valence electrons. The molecule has 0 unspecified atom stereocenters. The Kier molecular flexibility index (Phi) is 5.33. The fourth-order valence-corrected chi connectivity index (χ4v) is 5.86. The number of H-pyrrole nitrogens is 1. The molecule has 3 aromatic carbocycles. The number of fused-ring (bicyclic) bond motifs is 2. The number of ether oxygens (including phenoxy) is 1. The van der Waals surface area contributed by atoms with Crippen LogP contribution in [0.2, 0.25) is 0 Å². The van der Waals surface area contributed by atoms with Gasteiger partial charge >= 0.3 is 0 Å². The molecule has 0 bridgehead atoms. The maximum Gasteiger partial charge on any atom is 0.253 e. The molecule has 1 spiro atoms. The molecular weight excluding hydrogens is 492 g/mol. The quantitative estimate of drug-likeness (QED) is 0.372. The number of rotatable bonds is 3. The topological polar surface area (TPSA) is 106 Å². The average Bonchev–Trinajstić information content (AvgIpc) is 3.62. The summed E-state index contributed by atoms with van der Waals surface area (Å²) in [6.45, 7) is 1.06. The van der Waals surface area contributed by atoms with Crippen LogP contribution in [0, 0.1) is 0 Å². The maximum atomic E-state index is 13.5. The van der Waals surface area contributed by atoms with Gasteiger partial charge in [-0.1, -0.05) is 36.4 Å². The molecule has 9 nitrogen and oxygen atoms in total. The smallest absolute Gasteiger partial charge is 0.253 e. The number of piperidine rings is 1. The van der Waals surface area contributed by atoms with Gasteiger partial charge in [-0.15, -0.1) is 10.2 Å². The molecule has 39 heavy (non-hydrogen) atoms. The highest BCUT2D eigenvalue weighted by molar-refractivity contribution is 6.03. The van der Waals surface area contributed by atoms with Crippen LogP contribution in [0.1, 0.15) is 40.0 Å². The van der Waals surface area contributed by atoms with Gasteiger partial charge in [0.25, 0.3) is 5.91 Å². The van der Waals surface area contributed by atoms with Gasteiger partial charge < -0.3 is 14.2 Å². The summed E-state index contributed by atoms with van der Waals surface area (Å²) in [6.07, 6.45) is 3.59. The number of nitrogens with one attached hydrogen (secondary N) is 1. The van der Waals surface area contributed by atoms with Gasteiger partial charge in [-0.25, -0.2) is 0 Å². The number of aryl methyl sites for hydroxylation is 1. The summed E-state index contributed by atoms with van der Waals surface area (Å²) in [7, 11) is 2.01. The Morgan fingerprint density at radius 1 is 0.974 bits per heavy atom. The Morgan fingerprint density at radius 2 is 1.79 bits per heavy atom. The number of hydrogen-bond acceptors (Lipinski definition) is 6. The normalized spacial score (nSPS) is 16.3. The summed E-state index contributed by atoms with van der Waals surface area (Å²) in [6, 6.07) is 21.6. The van der Waals surface area contributed by atoms with Crippen molar-refractivity contribution in [3.63, 3.8) is 0 Å². The predicted octanol–water partition coefficient (Wildman–Crippen LogP) is 4.67. The molecule has 0 saturated carbocycles. The molecule has 1 N–H and O–H groups in total. The molecule has 4 heterocycles. The van der Waals surface area contributed by atoms with Crippen molar-refractivity contribution in [3.8, 4) is 28.3 Å². The third-order valence-corrected chi connectivity index (χ3v) is 7.98. The number of Topliss-reactive ketones (excluding diaryl/α,β-unsaturated/α-hetero) is 1. The van der Waals surface area contributed by atoms with Gasteiger partial charge in [0.05, 0.1) is 12.0 Å². The first-order chi connectivity index (χ1) is 19.0. The molecule has 0 radical (unpaired) electrons. The first kappa shape index (κ1) is 23.3. The van der Waals surface area contributed by atoms with Crippen molar-refractivity contribution in [2.24, 2.45) is 7.05 Å². The Hall–Kier alpha value is -4.79. The van der Waals surface area contributed by atoms with Crippen LogP contribution < -0.4 is 4.74 Å². The van der Waals surface area contributed by atoms with Crippen LogP contribution in [-0.4, -0.2) is 60.5 Å². The van der Waals surface area contributed by atoms with E-state index in [9.17, 15) is 9.59 Å². The highest BCUT2D eigenvalue weighted by Crippen LogP contribution is 2.41. The summed E-state index contributed by atoms with van der Waals surface area (Å²) < 4.78 is 8.50. The number of hydrogen-bond donors (Lipinski definition) is 1. The van der Waals surface area contributed by atoms with Crippen molar-refractivity contribution in [1.29, 1.82) is 0 Å². The van der Waals surface area contributed by atoms with Gasteiger partial charge in [-0.2, -0.15) is 5.21 Å². The molecule has 1 saturated heterocycles. The lowest BCUT2D eigenvalue weighted by Crippen LogP contribution is -2.52. The van der Waals surface area contributed by atoms with E-state index in [0.29, 0.717) is 54.2 Å². The van der Waals surface area contributed by atoms with Crippen LogP contribution in [0.3, 0.4) is 0 Å². The second kappa shape index (κ2) is 8.90. The maximum absolute atomic E-state index is 13.5. The Balaban J connectivity index is 1.08. The Bertz CT molecular complexity index is 1720. The van der Waals surface area contributed by atoms with E-state index in [1.807, 2.05) is 54.4 Å². The van der Waals surface area contributed by atoms with Crippen LogP contribution in [0.25, 0.3) is 33.4 Å². The molecule has 9 heteroatoms. The summed E-state index contributed by atoms with van der Waals surface area (Å²) in [4.78, 5) is 28.5. The van der Waals surface area contributed by atoms with Crippen LogP contribution in [0.15, 0.2) is 72.9 Å². The van der Waals surface area contributed by atoms with Gasteiger partial charge in [0, 0.05) is 66.8 Å². The van der Waals surface area contributed by atoms with Gasteiger partial charge in [-0.3, -0.25) is 9.59 Å². The fourth-order valence-electron chi connectivity index (χ4n) is 5.86. The van der Waals surface area contributed by atoms with Crippen LogP contribution >= 0.6 is 0 Å². The number of ketones is 1. The van der Waals surface area contributed by atoms with E-state index in [0.717, 1.165) is 22.0 Å². The number of aromatic nitrogens is 5. The molecule has 1 fully saturated rings. The highest BCUT2D eigenvalue weighted by Gasteiger charge is 2.44. The lowest BCUT2D eigenvalue weighted by Gasteiger charge is -2.44. The number of benzene rings is 3. The number of aromatic amines is 1. The van der Waals surface area contributed by atoms with Gasteiger partial charge in [0.15, 0.2) is 5.78 Å². The monoisotopic (exact) mass is 518 g/mol. The van der Waals surface area contributed by atoms with Crippen molar-refractivity contribution in [2.45, 2.75) is 24.9 Å². The molecule has 2 aliphatic rings. The van der Waals surface area contributed by atoms with E-state index >= 15 is 0 Å². The minimum absolute atomic E-state index is 0.00139. The summed E-state index contributed by atoms with van der Waals surface area (Å²) in [5, 5.41) is 15.1. The average molecular weight is 519 g/mol. The summed E-state index contributed by atoms with van der Waals surface area (Å²) in [5.74, 6) is 1.04. The van der Waals surface area contributed by atoms with Crippen LogP contribution in [0.4, 0.5) is 0 Å². The third-order valence-electron chi connectivity index (χ3n) is 7.98. The molecule has 0 atom stereocenters. The number of likely N-dealkylation sites (tertiary alicyclic amines) is 1. The van der Waals surface area contributed by atoms with Gasteiger partial charge in [0.1, 0.15) is 11.4 Å². The van der Waals surface area contributed by atoms with E-state index in [1.165, 1.54) is 0 Å². The number of carbonyl (C=O) groups excluding carboxylic acids is 2. The van der Waals surface area contributed by atoms with Crippen molar-refractivity contribution >= 4 is 22.6 Å². The summed E-state index contributed by atoms with van der Waals surface area (Å²) >= 11 is 0. The number of carbonyl (C=O) groups is 2. The first-order valence-electron chi connectivity index (χ1n) is 13.0. The zero-order valence-electron chi connectivity index (χ0n) is 21.4. The number of amides is 1. The lowest BCUT2D eigenvalue weighted by molar-refractivity contribution is -0.00569. The third kappa shape index (κ3) is 3.98. The van der Waals surface area contributed by atoms with Crippen molar-refractivity contribution in [2.75, 3.05) is 13.1 Å². The summed E-state index contributed by atoms with van der Waals surface area (Å²) in [5.41, 5.74) is 4.63. The zero-order chi connectivity index (χ0) is 26.6. The molecular formula is C30H26N6O3.